The minimum absolute atomic E-state index is 0.161. The molecule has 0 aromatic heterocycles. The second-order valence-electron chi connectivity index (χ2n) is 5.17. The lowest BCUT2D eigenvalue weighted by Crippen LogP contribution is -2.43. The van der Waals surface area contributed by atoms with Crippen molar-refractivity contribution in [2.45, 2.75) is 19.8 Å². The SMILES string of the molecule is CCOc1ccccc1CCC(=O)NNC(=S)Nc1ccc(Cl)cc1. The fourth-order valence-electron chi connectivity index (χ4n) is 2.14. The summed E-state index contributed by atoms with van der Waals surface area (Å²) >= 11 is 11.0. The van der Waals surface area contributed by atoms with Gasteiger partial charge in [-0.3, -0.25) is 15.6 Å². The van der Waals surface area contributed by atoms with Gasteiger partial charge in [-0.05, 0) is 61.5 Å². The van der Waals surface area contributed by atoms with Gasteiger partial charge in [-0.2, -0.15) is 0 Å². The summed E-state index contributed by atoms with van der Waals surface area (Å²) in [7, 11) is 0. The predicted molar refractivity (Wildman–Crippen MR) is 105 cm³/mol. The van der Waals surface area contributed by atoms with Crippen molar-refractivity contribution in [1.82, 2.24) is 10.9 Å². The number of anilines is 1. The Morgan fingerprint density at radius 1 is 1.12 bits per heavy atom. The first-order valence-electron chi connectivity index (χ1n) is 7.90. The lowest BCUT2D eigenvalue weighted by Gasteiger charge is -2.12. The van der Waals surface area contributed by atoms with Gasteiger partial charge in [0.2, 0.25) is 5.91 Å². The molecule has 1 amide bonds. The third-order valence-electron chi connectivity index (χ3n) is 3.31. The summed E-state index contributed by atoms with van der Waals surface area (Å²) in [5.41, 5.74) is 7.04. The fourth-order valence-corrected chi connectivity index (χ4v) is 2.43. The number of carbonyl (C=O) groups excluding carboxylic acids is 1. The van der Waals surface area contributed by atoms with Crippen molar-refractivity contribution in [3.8, 4) is 5.75 Å². The van der Waals surface area contributed by atoms with Crippen LogP contribution in [0.25, 0.3) is 0 Å². The Hall–Kier alpha value is -2.31. The number of benzene rings is 2. The van der Waals surface area contributed by atoms with Crippen molar-refractivity contribution >= 4 is 40.5 Å². The zero-order chi connectivity index (χ0) is 18.1. The average Bonchev–Trinajstić information content (AvgIpc) is 2.61. The molecule has 0 aliphatic rings. The van der Waals surface area contributed by atoms with Crippen molar-refractivity contribution in [3.05, 3.63) is 59.1 Å². The van der Waals surface area contributed by atoms with Crippen LogP contribution in [-0.4, -0.2) is 17.6 Å². The van der Waals surface area contributed by atoms with Crippen LogP contribution >= 0.6 is 23.8 Å². The predicted octanol–water partition coefficient (Wildman–Crippen LogP) is 3.69. The summed E-state index contributed by atoms with van der Waals surface area (Å²) in [5.74, 6) is 0.650. The highest BCUT2D eigenvalue weighted by Crippen LogP contribution is 2.19. The van der Waals surface area contributed by atoms with Crippen LogP contribution in [0.4, 0.5) is 5.69 Å². The van der Waals surface area contributed by atoms with E-state index in [4.69, 9.17) is 28.6 Å². The zero-order valence-electron chi connectivity index (χ0n) is 13.8. The summed E-state index contributed by atoms with van der Waals surface area (Å²) in [6, 6.07) is 14.8. The van der Waals surface area contributed by atoms with Gasteiger partial charge < -0.3 is 10.1 Å². The monoisotopic (exact) mass is 377 g/mol. The zero-order valence-corrected chi connectivity index (χ0v) is 15.4. The van der Waals surface area contributed by atoms with Gasteiger partial charge in [0.15, 0.2) is 5.11 Å². The molecule has 2 rings (SSSR count). The van der Waals surface area contributed by atoms with E-state index in [-0.39, 0.29) is 5.91 Å². The van der Waals surface area contributed by atoms with E-state index in [2.05, 4.69) is 16.2 Å². The minimum atomic E-state index is -0.161. The average molecular weight is 378 g/mol. The first-order chi connectivity index (χ1) is 12.1. The summed E-state index contributed by atoms with van der Waals surface area (Å²) in [6.45, 7) is 2.53. The van der Waals surface area contributed by atoms with Gasteiger partial charge in [-0.25, -0.2) is 0 Å². The second-order valence-corrected chi connectivity index (χ2v) is 6.02. The largest absolute Gasteiger partial charge is 0.494 e. The van der Waals surface area contributed by atoms with Crippen molar-refractivity contribution in [3.63, 3.8) is 0 Å². The third-order valence-corrected chi connectivity index (χ3v) is 3.77. The van der Waals surface area contributed by atoms with Crippen LogP contribution in [0.3, 0.4) is 0 Å². The molecular weight excluding hydrogens is 358 g/mol. The molecule has 132 valence electrons. The van der Waals surface area contributed by atoms with Crippen LogP contribution in [0.5, 0.6) is 5.75 Å². The molecule has 0 unspecified atom stereocenters. The lowest BCUT2D eigenvalue weighted by atomic mass is 10.1. The Balaban J connectivity index is 1.75. The highest BCUT2D eigenvalue weighted by Gasteiger charge is 2.07. The van der Waals surface area contributed by atoms with Crippen LogP contribution < -0.4 is 20.9 Å². The van der Waals surface area contributed by atoms with Gasteiger partial charge in [0.1, 0.15) is 5.75 Å². The molecule has 0 aliphatic heterocycles. The number of ether oxygens (including phenoxy) is 1. The second kappa shape index (κ2) is 9.86. The van der Waals surface area contributed by atoms with Crippen LogP contribution in [0.15, 0.2) is 48.5 Å². The number of hydrogen-bond donors (Lipinski definition) is 3. The number of halogens is 1. The summed E-state index contributed by atoms with van der Waals surface area (Å²) in [4.78, 5) is 12.0. The summed E-state index contributed by atoms with van der Waals surface area (Å²) < 4.78 is 5.55. The van der Waals surface area contributed by atoms with Gasteiger partial charge in [0, 0.05) is 17.1 Å². The van der Waals surface area contributed by atoms with Gasteiger partial charge in [0.25, 0.3) is 0 Å². The van der Waals surface area contributed by atoms with Crippen LogP contribution in [0.2, 0.25) is 5.02 Å². The number of aryl methyl sites for hydroxylation is 1. The van der Waals surface area contributed by atoms with Crippen LogP contribution in [0.1, 0.15) is 18.9 Å². The smallest absolute Gasteiger partial charge is 0.238 e. The molecule has 2 aromatic carbocycles. The number of para-hydroxylation sites is 1. The van der Waals surface area contributed by atoms with Crippen molar-refractivity contribution in [1.29, 1.82) is 0 Å². The highest BCUT2D eigenvalue weighted by atomic mass is 35.5. The molecule has 5 nitrogen and oxygen atoms in total. The maximum atomic E-state index is 12.0. The topological polar surface area (TPSA) is 62.4 Å². The van der Waals surface area contributed by atoms with Crippen molar-refractivity contribution in [2.75, 3.05) is 11.9 Å². The molecule has 0 atom stereocenters. The normalized spacial score (nSPS) is 10.0. The van der Waals surface area contributed by atoms with E-state index in [0.717, 1.165) is 17.0 Å². The molecule has 0 spiro atoms. The highest BCUT2D eigenvalue weighted by molar-refractivity contribution is 7.80. The van der Waals surface area contributed by atoms with E-state index < -0.39 is 0 Å². The minimum Gasteiger partial charge on any atom is -0.494 e. The first kappa shape index (κ1) is 19.0. The standard InChI is InChI=1S/C18H20ClN3O2S/c1-2-24-16-6-4-3-5-13(16)7-12-17(23)21-22-18(25)20-15-10-8-14(19)9-11-15/h3-6,8-11H,2,7,12H2,1H3,(H,21,23)(H2,20,22,25). The van der Waals surface area contributed by atoms with Crippen molar-refractivity contribution < 1.29 is 9.53 Å². The molecule has 0 saturated heterocycles. The molecule has 0 aliphatic carbocycles. The first-order valence-corrected chi connectivity index (χ1v) is 8.69. The number of rotatable bonds is 6. The number of nitrogens with one attached hydrogen (secondary N) is 3. The maximum Gasteiger partial charge on any atom is 0.238 e. The van der Waals surface area contributed by atoms with Gasteiger partial charge in [-0.15, -0.1) is 0 Å². The summed E-state index contributed by atoms with van der Waals surface area (Å²) in [6.07, 6.45) is 0.904. The van der Waals surface area contributed by atoms with E-state index in [1.165, 1.54) is 0 Å². The van der Waals surface area contributed by atoms with E-state index in [0.29, 0.717) is 29.6 Å². The number of thiocarbonyl (C=S) groups is 1. The van der Waals surface area contributed by atoms with Gasteiger partial charge in [-0.1, -0.05) is 29.8 Å². The molecule has 7 heteroatoms. The Morgan fingerprint density at radius 2 is 1.84 bits per heavy atom. The molecule has 0 fully saturated rings. The maximum absolute atomic E-state index is 12.0. The molecule has 2 aromatic rings. The van der Waals surface area contributed by atoms with E-state index in [1.807, 2.05) is 31.2 Å². The number of hydrogen-bond acceptors (Lipinski definition) is 3. The molecule has 0 saturated carbocycles. The Bertz CT molecular complexity index is 723. The van der Waals surface area contributed by atoms with E-state index in [1.54, 1.807) is 24.3 Å². The quantitative estimate of drug-likeness (QED) is 0.529. The number of amides is 1. The number of hydrazine groups is 1. The Kier molecular flexibility index (Phi) is 7.50. The molecule has 25 heavy (non-hydrogen) atoms. The van der Waals surface area contributed by atoms with Gasteiger partial charge in [0.05, 0.1) is 6.61 Å². The van der Waals surface area contributed by atoms with Crippen LogP contribution in [0, 0.1) is 0 Å². The summed E-state index contributed by atoms with van der Waals surface area (Å²) in [5, 5.41) is 3.89. The van der Waals surface area contributed by atoms with Crippen molar-refractivity contribution in [2.24, 2.45) is 0 Å². The van der Waals surface area contributed by atoms with E-state index >= 15 is 0 Å². The lowest BCUT2D eigenvalue weighted by molar-refractivity contribution is -0.121. The molecular formula is C18H20ClN3O2S. The van der Waals surface area contributed by atoms with Crippen LogP contribution in [-0.2, 0) is 11.2 Å². The number of carbonyl (C=O) groups is 1. The van der Waals surface area contributed by atoms with E-state index in [9.17, 15) is 4.79 Å². The van der Waals surface area contributed by atoms with Gasteiger partial charge >= 0.3 is 0 Å². The molecule has 0 heterocycles. The fraction of sp³-hybridized carbons (Fsp3) is 0.222. The molecule has 0 bridgehead atoms. The Labute approximate surface area is 157 Å². The molecule has 3 N–H and O–H groups in total. The third kappa shape index (κ3) is 6.60. The molecule has 0 radical (unpaired) electrons. The Morgan fingerprint density at radius 3 is 2.56 bits per heavy atom.